The van der Waals surface area contributed by atoms with Gasteiger partial charge in [0.05, 0.1) is 0 Å². The van der Waals surface area contributed by atoms with Gasteiger partial charge < -0.3 is 0 Å². The minimum absolute atomic E-state index is 1.17. The van der Waals surface area contributed by atoms with Crippen LogP contribution in [0.4, 0.5) is 25.2 Å². The van der Waals surface area contributed by atoms with E-state index >= 15 is 0 Å². The molecule has 1 aromatic heterocycles. The summed E-state index contributed by atoms with van der Waals surface area (Å²) < 4.78 is 64.1. The molecule has 0 aliphatic rings. The predicted molar refractivity (Wildman–Crippen MR) is 55.3 cm³/mol. The summed E-state index contributed by atoms with van der Waals surface area (Å²) in [7, 11) is -10.7. The molecular formula is C9H13F6OP. The van der Waals surface area contributed by atoms with E-state index in [4.69, 9.17) is 4.42 Å². The van der Waals surface area contributed by atoms with Gasteiger partial charge in [-0.3, -0.25) is 0 Å². The number of unbranched alkanes of at least 4 members (excludes halogenated alkanes) is 1. The third kappa shape index (κ3) is 21.1. The van der Waals surface area contributed by atoms with E-state index in [1.807, 2.05) is 12.1 Å². The second kappa shape index (κ2) is 4.80. The van der Waals surface area contributed by atoms with Gasteiger partial charge in [0.15, 0.2) is 0 Å². The molecule has 0 radical (unpaired) electrons. The summed E-state index contributed by atoms with van der Waals surface area (Å²) in [5, 5.41) is 0. The van der Waals surface area contributed by atoms with Crippen LogP contribution in [0.15, 0.2) is 29.1 Å². The molecular weight excluding hydrogens is 269 g/mol. The van der Waals surface area contributed by atoms with Crippen LogP contribution < -0.4 is 0 Å². The Hall–Kier alpha value is -0.840. The van der Waals surface area contributed by atoms with Crippen molar-refractivity contribution in [2.75, 3.05) is 0 Å². The number of halogens is 6. The summed E-state index contributed by atoms with van der Waals surface area (Å²) in [5.41, 5.74) is 1.37. The Balaban J connectivity index is 0.000000325. The number of aryl methyl sites for hydroxylation is 1. The molecule has 0 bridgehead atoms. The van der Waals surface area contributed by atoms with Crippen LogP contribution in [0.2, 0.25) is 0 Å². The van der Waals surface area contributed by atoms with Crippen molar-refractivity contribution in [2.45, 2.75) is 26.2 Å². The normalized spacial score (nSPS) is 15.2. The second-order valence-corrected chi connectivity index (χ2v) is 5.29. The summed E-state index contributed by atoms with van der Waals surface area (Å²) in [4.78, 5) is 0. The van der Waals surface area contributed by atoms with Gasteiger partial charge in [-0.25, -0.2) is 4.42 Å². The topological polar surface area (TPSA) is 11.3 Å². The third-order valence-corrected chi connectivity index (χ3v) is 1.54. The molecule has 0 saturated carbocycles. The van der Waals surface area contributed by atoms with Crippen LogP contribution in [0.25, 0.3) is 0 Å². The third-order valence-electron chi connectivity index (χ3n) is 1.54. The Bertz CT molecular complexity index is 320. The molecule has 0 aliphatic carbocycles. The van der Waals surface area contributed by atoms with Crippen molar-refractivity contribution in [2.24, 2.45) is 0 Å². The first kappa shape index (κ1) is 16.2. The summed E-state index contributed by atoms with van der Waals surface area (Å²) in [6.45, 7) is 2.20. The average Bonchev–Trinajstić information content (AvgIpc) is 2.11. The Labute approximate surface area is 94.7 Å². The van der Waals surface area contributed by atoms with Gasteiger partial charge in [-0.2, -0.15) is 0 Å². The molecule has 0 saturated heterocycles. The molecule has 0 spiro atoms. The molecule has 0 N–H and O–H groups in total. The maximum absolute atomic E-state index is 10.7. The molecule has 8 heteroatoms. The van der Waals surface area contributed by atoms with Gasteiger partial charge in [-0.15, -0.1) is 0 Å². The first-order valence-corrected chi connectivity index (χ1v) is 6.82. The number of hydrogen-bond donors (Lipinski definition) is 0. The molecule has 0 fully saturated rings. The van der Waals surface area contributed by atoms with Crippen molar-refractivity contribution in [3.8, 4) is 0 Å². The molecule has 1 heterocycles. The predicted octanol–water partition coefficient (Wildman–Crippen LogP) is 6.29. The van der Waals surface area contributed by atoms with Crippen LogP contribution in [0.3, 0.4) is 0 Å². The van der Waals surface area contributed by atoms with E-state index in [9.17, 15) is 25.2 Å². The fourth-order valence-electron chi connectivity index (χ4n) is 0.902. The summed E-state index contributed by atoms with van der Waals surface area (Å²) in [6.07, 6.45) is 7.15. The van der Waals surface area contributed by atoms with E-state index in [-0.39, 0.29) is 0 Å². The van der Waals surface area contributed by atoms with Crippen molar-refractivity contribution in [1.82, 2.24) is 0 Å². The molecule has 17 heavy (non-hydrogen) atoms. The van der Waals surface area contributed by atoms with Crippen LogP contribution in [0, 0.1) is 0 Å². The van der Waals surface area contributed by atoms with Gasteiger partial charge >= 0.3 is 45.5 Å². The second-order valence-electron chi connectivity index (χ2n) is 3.38. The van der Waals surface area contributed by atoms with Gasteiger partial charge in [-0.1, -0.05) is 13.3 Å². The van der Waals surface area contributed by atoms with E-state index in [0.29, 0.717) is 0 Å². The first-order chi connectivity index (χ1) is 7.38. The molecule has 0 aliphatic heterocycles. The summed E-state index contributed by atoms with van der Waals surface area (Å²) in [5.74, 6) is 0. The van der Waals surface area contributed by atoms with E-state index < -0.39 is 7.81 Å². The van der Waals surface area contributed by atoms with Crippen molar-refractivity contribution in [3.05, 3.63) is 30.2 Å². The van der Waals surface area contributed by atoms with Gasteiger partial charge in [0, 0.05) is 12.1 Å². The van der Waals surface area contributed by atoms with Gasteiger partial charge in [0.1, 0.15) is 0 Å². The number of rotatable bonds is 3. The molecule has 0 amide bonds. The molecule has 1 aromatic rings. The van der Waals surface area contributed by atoms with E-state index in [1.165, 1.54) is 24.8 Å². The SMILES string of the molecule is CCCCc1cc[o+]cc1.F[P-](F)(F)(F)(F)F. The van der Waals surface area contributed by atoms with Crippen LogP contribution in [-0.4, -0.2) is 0 Å². The van der Waals surface area contributed by atoms with E-state index in [2.05, 4.69) is 6.92 Å². The van der Waals surface area contributed by atoms with Crippen molar-refractivity contribution in [3.63, 3.8) is 0 Å². The minimum atomic E-state index is -10.7. The fraction of sp³-hybridized carbons (Fsp3) is 0.444. The molecule has 0 unspecified atom stereocenters. The standard InChI is InChI=1S/C9H13O.F6P/c1-2-3-4-9-5-7-10-8-6-9;1-7(2,3,4,5)6/h5-8H,2-4H2,1H3;/q+1;-1. The summed E-state index contributed by atoms with van der Waals surface area (Å²) >= 11 is 0. The zero-order valence-corrected chi connectivity index (χ0v) is 9.95. The Morgan fingerprint density at radius 1 is 1.00 bits per heavy atom. The Kier molecular flexibility index (Phi) is 4.56. The van der Waals surface area contributed by atoms with Gasteiger partial charge in [0.2, 0.25) is 0 Å². The van der Waals surface area contributed by atoms with E-state index in [1.54, 1.807) is 12.5 Å². The zero-order valence-electron chi connectivity index (χ0n) is 9.05. The summed E-state index contributed by atoms with van der Waals surface area (Å²) in [6, 6.07) is 4.05. The van der Waals surface area contributed by atoms with Crippen molar-refractivity contribution in [1.29, 1.82) is 0 Å². The molecule has 1 nitrogen and oxygen atoms in total. The molecule has 1 rings (SSSR count). The Morgan fingerprint density at radius 3 is 1.76 bits per heavy atom. The molecule has 102 valence electrons. The average molecular weight is 282 g/mol. The number of hydrogen-bond acceptors (Lipinski definition) is 0. The van der Waals surface area contributed by atoms with Crippen LogP contribution in [0.1, 0.15) is 25.3 Å². The maximum atomic E-state index is 9.87. The fourth-order valence-corrected chi connectivity index (χ4v) is 0.902. The Morgan fingerprint density at radius 2 is 1.41 bits per heavy atom. The molecule has 0 aromatic carbocycles. The molecule has 0 atom stereocenters. The first-order valence-electron chi connectivity index (χ1n) is 4.79. The van der Waals surface area contributed by atoms with Crippen molar-refractivity contribution < 1.29 is 29.6 Å². The van der Waals surface area contributed by atoms with Gasteiger partial charge in [0.25, 0.3) is 0 Å². The monoisotopic (exact) mass is 282 g/mol. The van der Waals surface area contributed by atoms with Gasteiger partial charge in [-0.05, 0) is 18.4 Å². The van der Waals surface area contributed by atoms with Crippen LogP contribution in [0.5, 0.6) is 0 Å². The zero-order chi connectivity index (χ0) is 13.6. The quantitative estimate of drug-likeness (QED) is 0.360. The van der Waals surface area contributed by atoms with Crippen LogP contribution >= 0.6 is 7.81 Å². The van der Waals surface area contributed by atoms with Crippen LogP contribution in [-0.2, 0) is 6.42 Å². The van der Waals surface area contributed by atoms with E-state index in [0.717, 1.165) is 0 Å². The van der Waals surface area contributed by atoms with Crippen molar-refractivity contribution >= 4 is 7.81 Å².